The predicted octanol–water partition coefficient (Wildman–Crippen LogP) is 0.536. The van der Waals surface area contributed by atoms with E-state index < -0.39 is 18.1 Å². The van der Waals surface area contributed by atoms with Gasteiger partial charge in [-0.15, -0.1) is 0 Å². The molecule has 112 valence electrons. The van der Waals surface area contributed by atoms with Gasteiger partial charge < -0.3 is 14.7 Å². The van der Waals surface area contributed by atoms with Crippen molar-refractivity contribution in [3.05, 3.63) is 35.4 Å². The molecule has 0 spiro atoms. The maximum Gasteiger partial charge on any atom is 0.328 e. The van der Waals surface area contributed by atoms with E-state index in [9.17, 15) is 14.7 Å². The Hall–Kier alpha value is -1.88. The average Bonchev–Trinajstić information content (AvgIpc) is 3.09. The third-order valence-corrected chi connectivity index (χ3v) is 4.44. The fourth-order valence-electron chi connectivity index (χ4n) is 3.38. The van der Waals surface area contributed by atoms with Gasteiger partial charge in [0.15, 0.2) is 0 Å². The molecule has 5 nitrogen and oxygen atoms in total. The lowest BCUT2D eigenvalue weighted by atomic mass is 10.0. The Bertz CT molecular complexity index is 546. The smallest absolute Gasteiger partial charge is 0.328 e. The Kier molecular flexibility index (Phi) is 3.68. The third-order valence-electron chi connectivity index (χ3n) is 4.44. The largest absolute Gasteiger partial charge is 0.467 e. The van der Waals surface area contributed by atoms with Crippen molar-refractivity contribution in [1.82, 2.24) is 4.90 Å². The van der Waals surface area contributed by atoms with Crippen LogP contribution in [0.5, 0.6) is 0 Å². The Morgan fingerprint density at radius 1 is 1.24 bits per heavy atom. The van der Waals surface area contributed by atoms with Gasteiger partial charge in [-0.1, -0.05) is 24.3 Å². The average molecular weight is 289 g/mol. The highest BCUT2D eigenvalue weighted by molar-refractivity contribution is 5.87. The van der Waals surface area contributed by atoms with Crippen molar-refractivity contribution >= 4 is 11.9 Å². The molecule has 0 saturated carbocycles. The summed E-state index contributed by atoms with van der Waals surface area (Å²) in [6.07, 6.45) is 1.02. The zero-order valence-electron chi connectivity index (χ0n) is 12.0. The summed E-state index contributed by atoms with van der Waals surface area (Å²) in [5.74, 6) is -0.645. The Labute approximate surface area is 123 Å². The molecule has 1 aromatic rings. The van der Waals surface area contributed by atoms with Crippen molar-refractivity contribution in [1.29, 1.82) is 0 Å². The normalized spacial score (nSPS) is 25.0. The second kappa shape index (κ2) is 5.48. The molecule has 21 heavy (non-hydrogen) atoms. The molecule has 1 aromatic carbocycles. The quantitative estimate of drug-likeness (QED) is 0.807. The highest BCUT2D eigenvalue weighted by Gasteiger charge is 2.42. The zero-order chi connectivity index (χ0) is 15.0. The fraction of sp³-hybridized carbons (Fsp3) is 0.500. The van der Waals surface area contributed by atoms with Crippen molar-refractivity contribution in [2.75, 3.05) is 13.7 Å². The number of likely N-dealkylation sites (tertiary alicyclic amines) is 1. The summed E-state index contributed by atoms with van der Waals surface area (Å²) in [4.78, 5) is 26.0. The maximum atomic E-state index is 12.7. The maximum absolute atomic E-state index is 12.7. The Morgan fingerprint density at radius 2 is 1.86 bits per heavy atom. The molecule has 0 aromatic heterocycles. The summed E-state index contributed by atoms with van der Waals surface area (Å²) in [6, 6.07) is 7.38. The van der Waals surface area contributed by atoms with Crippen molar-refractivity contribution < 1.29 is 19.4 Å². The van der Waals surface area contributed by atoms with Gasteiger partial charge in [-0.25, -0.2) is 4.79 Å². The van der Waals surface area contributed by atoms with Gasteiger partial charge in [0.25, 0.3) is 0 Å². The number of amides is 1. The summed E-state index contributed by atoms with van der Waals surface area (Å²) < 4.78 is 4.74. The number of methoxy groups -OCH3 is 1. The number of esters is 1. The van der Waals surface area contributed by atoms with E-state index >= 15 is 0 Å². The van der Waals surface area contributed by atoms with E-state index in [4.69, 9.17) is 4.74 Å². The minimum absolute atomic E-state index is 0.0573. The van der Waals surface area contributed by atoms with Gasteiger partial charge in [0.1, 0.15) is 6.04 Å². The van der Waals surface area contributed by atoms with E-state index in [2.05, 4.69) is 0 Å². The second-order valence-corrected chi connectivity index (χ2v) is 5.79. The molecular weight excluding hydrogens is 270 g/mol. The lowest BCUT2D eigenvalue weighted by molar-refractivity contribution is -0.152. The van der Waals surface area contributed by atoms with Crippen LogP contribution in [0.3, 0.4) is 0 Å². The Morgan fingerprint density at radius 3 is 2.43 bits per heavy atom. The summed E-state index contributed by atoms with van der Waals surface area (Å²) in [6.45, 7) is 0.214. The number of aliphatic hydroxyl groups is 1. The second-order valence-electron chi connectivity index (χ2n) is 5.79. The molecule has 2 unspecified atom stereocenters. The number of aliphatic hydroxyl groups excluding tert-OH is 1. The number of carbonyl (C=O) groups excluding carboxylic acids is 2. The van der Waals surface area contributed by atoms with Crippen LogP contribution < -0.4 is 0 Å². The molecule has 0 radical (unpaired) electrons. The molecule has 0 bridgehead atoms. The molecule has 1 amide bonds. The van der Waals surface area contributed by atoms with Crippen molar-refractivity contribution in [3.8, 4) is 0 Å². The molecule has 1 aliphatic carbocycles. The highest BCUT2D eigenvalue weighted by atomic mass is 16.5. The van der Waals surface area contributed by atoms with Gasteiger partial charge in [0.05, 0.1) is 13.2 Å². The van der Waals surface area contributed by atoms with E-state index in [-0.39, 0.29) is 24.8 Å². The lowest BCUT2D eigenvalue weighted by Crippen LogP contribution is -2.44. The molecule has 1 heterocycles. The molecule has 3 rings (SSSR count). The fourth-order valence-corrected chi connectivity index (χ4v) is 3.38. The van der Waals surface area contributed by atoms with Crippen LogP contribution in [0.25, 0.3) is 0 Å². The number of β-amino-alcohol motifs (C(OH)–C–C–N with tert-alkyl or cyclic N) is 1. The topological polar surface area (TPSA) is 66.8 Å². The molecule has 1 saturated heterocycles. The molecule has 1 aliphatic heterocycles. The first-order chi connectivity index (χ1) is 10.1. The van der Waals surface area contributed by atoms with Crippen LogP contribution in [0, 0.1) is 5.92 Å². The lowest BCUT2D eigenvalue weighted by Gasteiger charge is -2.25. The summed E-state index contributed by atoms with van der Waals surface area (Å²) in [7, 11) is 1.31. The van der Waals surface area contributed by atoms with Gasteiger partial charge in [0.2, 0.25) is 5.91 Å². The predicted molar refractivity (Wildman–Crippen MR) is 75.5 cm³/mol. The van der Waals surface area contributed by atoms with Gasteiger partial charge in [-0.2, -0.15) is 0 Å². The zero-order valence-corrected chi connectivity index (χ0v) is 12.0. The first-order valence-corrected chi connectivity index (χ1v) is 7.23. The SMILES string of the molecule is COC(=O)C1CC(O)CN1C(=O)C1Cc2ccccc2C1. The van der Waals surface area contributed by atoms with Gasteiger partial charge in [-0.05, 0) is 24.0 Å². The van der Waals surface area contributed by atoms with Crippen LogP contribution in [0.4, 0.5) is 0 Å². The number of hydrogen-bond acceptors (Lipinski definition) is 4. The Balaban J connectivity index is 1.75. The molecular formula is C16H19NO4. The van der Waals surface area contributed by atoms with E-state index in [0.29, 0.717) is 12.8 Å². The number of fused-ring (bicyclic) bond motifs is 1. The summed E-state index contributed by atoms with van der Waals surface area (Å²) in [5.41, 5.74) is 2.40. The molecule has 5 heteroatoms. The van der Waals surface area contributed by atoms with E-state index in [1.165, 1.54) is 23.1 Å². The number of nitrogens with zero attached hydrogens (tertiary/aromatic N) is 1. The standard InChI is InChI=1S/C16H19NO4/c1-21-16(20)14-8-13(18)9-17(14)15(19)12-6-10-4-2-3-5-11(10)7-12/h2-5,12-14,18H,6-9H2,1H3. The number of carbonyl (C=O) groups is 2. The number of hydrogen-bond donors (Lipinski definition) is 1. The van der Waals surface area contributed by atoms with E-state index in [0.717, 1.165) is 0 Å². The monoisotopic (exact) mass is 289 g/mol. The number of rotatable bonds is 2. The number of benzene rings is 1. The van der Waals surface area contributed by atoms with Crippen LogP contribution in [0.15, 0.2) is 24.3 Å². The molecule has 1 fully saturated rings. The summed E-state index contributed by atoms with van der Waals surface area (Å²) >= 11 is 0. The molecule has 2 atom stereocenters. The van der Waals surface area contributed by atoms with Crippen LogP contribution in [0.2, 0.25) is 0 Å². The minimum Gasteiger partial charge on any atom is -0.467 e. The van der Waals surface area contributed by atoms with Crippen molar-refractivity contribution in [3.63, 3.8) is 0 Å². The first kappa shape index (κ1) is 14.1. The first-order valence-electron chi connectivity index (χ1n) is 7.23. The number of ether oxygens (including phenoxy) is 1. The minimum atomic E-state index is -0.652. The van der Waals surface area contributed by atoms with Crippen molar-refractivity contribution in [2.45, 2.75) is 31.4 Å². The van der Waals surface area contributed by atoms with Gasteiger partial charge in [0, 0.05) is 18.9 Å². The molecule has 2 aliphatic rings. The van der Waals surface area contributed by atoms with E-state index in [1.807, 2.05) is 24.3 Å². The van der Waals surface area contributed by atoms with Crippen molar-refractivity contribution in [2.24, 2.45) is 5.92 Å². The van der Waals surface area contributed by atoms with Gasteiger partial charge in [-0.3, -0.25) is 4.79 Å². The third kappa shape index (κ3) is 2.53. The van der Waals surface area contributed by atoms with E-state index in [1.54, 1.807) is 0 Å². The highest BCUT2D eigenvalue weighted by Crippen LogP contribution is 2.30. The van der Waals surface area contributed by atoms with Crippen LogP contribution in [0.1, 0.15) is 17.5 Å². The molecule has 1 N–H and O–H groups in total. The van der Waals surface area contributed by atoms with Crippen LogP contribution >= 0.6 is 0 Å². The van der Waals surface area contributed by atoms with Gasteiger partial charge >= 0.3 is 5.97 Å². The van der Waals surface area contributed by atoms with Crippen LogP contribution in [-0.4, -0.2) is 47.7 Å². The summed E-state index contributed by atoms with van der Waals surface area (Å²) in [5, 5.41) is 9.78. The van der Waals surface area contributed by atoms with Crippen LogP contribution in [-0.2, 0) is 27.2 Å².